The standard InChI is InChI=1S/C17H14Br2/c18-10-9-17-15-4-2-1-3-12(15)5-6-13-11-14(19)7-8-16(13)17/h1-4,7-9,11H,5-6,10H2/b17-9+. The summed E-state index contributed by atoms with van der Waals surface area (Å²) in [5.74, 6) is 0. The Morgan fingerprint density at radius 1 is 0.947 bits per heavy atom. The lowest BCUT2D eigenvalue weighted by Gasteiger charge is -2.11. The Labute approximate surface area is 130 Å². The van der Waals surface area contributed by atoms with Gasteiger partial charge in [-0.1, -0.05) is 68.3 Å². The molecule has 0 radical (unpaired) electrons. The number of hydrogen-bond acceptors (Lipinski definition) is 0. The van der Waals surface area contributed by atoms with Gasteiger partial charge >= 0.3 is 0 Å². The second-order valence-electron chi connectivity index (χ2n) is 4.73. The van der Waals surface area contributed by atoms with Gasteiger partial charge in [-0.3, -0.25) is 0 Å². The van der Waals surface area contributed by atoms with Crippen LogP contribution in [0.4, 0.5) is 0 Å². The van der Waals surface area contributed by atoms with E-state index in [1.54, 1.807) is 0 Å². The number of aryl methyl sites for hydroxylation is 2. The maximum Gasteiger partial charge on any atom is 0.0221 e. The molecule has 3 rings (SSSR count). The van der Waals surface area contributed by atoms with E-state index in [-0.39, 0.29) is 0 Å². The minimum Gasteiger partial charge on any atom is -0.0883 e. The fourth-order valence-corrected chi connectivity index (χ4v) is 3.48. The van der Waals surface area contributed by atoms with Gasteiger partial charge < -0.3 is 0 Å². The van der Waals surface area contributed by atoms with Crippen LogP contribution in [0.5, 0.6) is 0 Å². The van der Waals surface area contributed by atoms with E-state index < -0.39 is 0 Å². The van der Waals surface area contributed by atoms with Crippen LogP contribution in [0.25, 0.3) is 5.57 Å². The van der Waals surface area contributed by atoms with Gasteiger partial charge in [-0.15, -0.1) is 0 Å². The Hall–Kier alpha value is -0.860. The fourth-order valence-electron chi connectivity index (χ4n) is 2.74. The molecule has 0 fully saturated rings. The van der Waals surface area contributed by atoms with E-state index in [2.05, 4.69) is 80.4 Å². The minimum absolute atomic E-state index is 0.881. The first kappa shape index (κ1) is 13.1. The summed E-state index contributed by atoms with van der Waals surface area (Å²) in [6.45, 7) is 0. The first-order valence-electron chi connectivity index (χ1n) is 6.43. The van der Waals surface area contributed by atoms with Gasteiger partial charge in [0.1, 0.15) is 0 Å². The molecule has 0 heterocycles. The number of rotatable bonds is 1. The van der Waals surface area contributed by atoms with Crippen LogP contribution in [-0.4, -0.2) is 5.33 Å². The van der Waals surface area contributed by atoms with E-state index in [4.69, 9.17) is 0 Å². The van der Waals surface area contributed by atoms with Crippen LogP contribution in [0.1, 0.15) is 22.3 Å². The van der Waals surface area contributed by atoms with Crippen LogP contribution in [0.15, 0.2) is 53.0 Å². The van der Waals surface area contributed by atoms with E-state index in [0.717, 1.165) is 22.6 Å². The molecule has 0 saturated heterocycles. The molecule has 0 unspecified atom stereocenters. The number of fused-ring (bicyclic) bond motifs is 2. The van der Waals surface area contributed by atoms with Crippen LogP contribution in [0.2, 0.25) is 0 Å². The van der Waals surface area contributed by atoms with Gasteiger partial charge in [0.15, 0.2) is 0 Å². The number of allylic oxidation sites excluding steroid dienone is 1. The molecule has 2 aromatic rings. The molecule has 0 spiro atoms. The summed E-state index contributed by atoms with van der Waals surface area (Å²) in [7, 11) is 0. The molecule has 0 amide bonds. The second kappa shape index (κ2) is 5.64. The SMILES string of the molecule is BrC/C=C1\c2ccccc2CCc2cc(Br)ccc21. The Morgan fingerprint density at radius 3 is 2.53 bits per heavy atom. The zero-order valence-electron chi connectivity index (χ0n) is 10.5. The highest BCUT2D eigenvalue weighted by Gasteiger charge is 2.17. The maximum atomic E-state index is 3.58. The molecule has 0 bridgehead atoms. The minimum atomic E-state index is 0.881. The van der Waals surface area contributed by atoms with E-state index in [0.29, 0.717) is 0 Å². The third-order valence-corrected chi connectivity index (χ3v) is 4.43. The smallest absolute Gasteiger partial charge is 0.0221 e. The second-order valence-corrected chi connectivity index (χ2v) is 6.29. The van der Waals surface area contributed by atoms with Gasteiger partial charge in [0.2, 0.25) is 0 Å². The molecule has 2 aromatic carbocycles. The van der Waals surface area contributed by atoms with Gasteiger partial charge in [0.05, 0.1) is 0 Å². The average Bonchev–Trinajstić information content (AvgIpc) is 2.57. The topological polar surface area (TPSA) is 0 Å². The third kappa shape index (κ3) is 2.56. The van der Waals surface area contributed by atoms with Gasteiger partial charge in [-0.2, -0.15) is 0 Å². The van der Waals surface area contributed by atoms with Crippen molar-refractivity contribution in [1.82, 2.24) is 0 Å². The summed E-state index contributed by atoms with van der Waals surface area (Å²) >= 11 is 7.12. The molecule has 19 heavy (non-hydrogen) atoms. The van der Waals surface area contributed by atoms with E-state index in [1.807, 2.05) is 0 Å². The molecule has 0 aliphatic heterocycles. The van der Waals surface area contributed by atoms with Crippen LogP contribution < -0.4 is 0 Å². The van der Waals surface area contributed by atoms with Gasteiger partial charge in [-0.05, 0) is 52.8 Å². The van der Waals surface area contributed by atoms with Crippen LogP contribution in [0.3, 0.4) is 0 Å². The number of benzene rings is 2. The van der Waals surface area contributed by atoms with E-state index in [1.165, 1.54) is 27.8 Å². The zero-order valence-corrected chi connectivity index (χ0v) is 13.7. The van der Waals surface area contributed by atoms with Crippen molar-refractivity contribution in [3.63, 3.8) is 0 Å². The molecule has 0 saturated carbocycles. The molecular formula is C17H14Br2. The molecule has 0 nitrogen and oxygen atoms in total. The first-order valence-corrected chi connectivity index (χ1v) is 8.34. The van der Waals surface area contributed by atoms with Crippen molar-refractivity contribution in [2.24, 2.45) is 0 Å². The molecular weight excluding hydrogens is 364 g/mol. The summed E-state index contributed by atoms with van der Waals surface area (Å²) in [5, 5.41) is 0.881. The van der Waals surface area contributed by atoms with Crippen molar-refractivity contribution in [1.29, 1.82) is 0 Å². The quantitative estimate of drug-likeness (QED) is 0.585. The largest absolute Gasteiger partial charge is 0.0883 e. The van der Waals surface area contributed by atoms with Crippen molar-refractivity contribution < 1.29 is 0 Å². The highest BCUT2D eigenvalue weighted by Crippen LogP contribution is 2.34. The fraction of sp³-hybridized carbons (Fsp3) is 0.176. The average molecular weight is 378 g/mol. The summed E-state index contributed by atoms with van der Waals surface area (Å²) in [4.78, 5) is 0. The van der Waals surface area contributed by atoms with Crippen molar-refractivity contribution >= 4 is 37.4 Å². The lowest BCUT2D eigenvalue weighted by molar-refractivity contribution is 0.964. The normalized spacial score (nSPS) is 15.8. The predicted molar refractivity (Wildman–Crippen MR) is 88.9 cm³/mol. The van der Waals surface area contributed by atoms with Gasteiger partial charge in [0.25, 0.3) is 0 Å². The first-order chi connectivity index (χ1) is 9.29. The number of halogens is 2. The third-order valence-electron chi connectivity index (χ3n) is 3.61. The molecule has 0 atom stereocenters. The highest BCUT2D eigenvalue weighted by atomic mass is 79.9. The van der Waals surface area contributed by atoms with Crippen LogP contribution >= 0.6 is 31.9 Å². The highest BCUT2D eigenvalue weighted by molar-refractivity contribution is 9.10. The Balaban J connectivity index is 2.24. The van der Waals surface area contributed by atoms with Crippen molar-refractivity contribution in [3.05, 3.63) is 75.3 Å². The monoisotopic (exact) mass is 376 g/mol. The molecule has 0 aromatic heterocycles. The Morgan fingerprint density at radius 2 is 1.68 bits per heavy atom. The summed E-state index contributed by atoms with van der Waals surface area (Å²) in [6, 6.07) is 15.4. The lowest BCUT2D eigenvalue weighted by atomic mass is 9.94. The van der Waals surface area contributed by atoms with E-state index in [9.17, 15) is 0 Å². The van der Waals surface area contributed by atoms with Crippen LogP contribution in [0, 0.1) is 0 Å². The molecule has 2 heteroatoms. The van der Waals surface area contributed by atoms with Gasteiger partial charge in [-0.25, -0.2) is 0 Å². The molecule has 1 aliphatic carbocycles. The van der Waals surface area contributed by atoms with Crippen LogP contribution in [-0.2, 0) is 12.8 Å². The lowest BCUT2D eigenvalue weighted by Crippen LogP contribution is -1.92. The van der Waals surface area contributed by atoms with Crippen molar-refractivity contribution in [2.75, 3.05) is 5.33 Å². The summed E-state index contributed by atoms with van der Waals surface area (Å²) < 4.78 is 1.16. The summed E-state index contributed by atoms with van der Waals surface area (Å²) in [5.41, 5.74) is 6.97. The van der Waals surface area contributed by atoms with Gasteiger partial charge in [0, 0.05) is 9.80 Å². The Bertz CT molecular complexity index is 641. The summed E-state index contributed by atoms with van der Waals surface area (Å²) in [6.07, 6.45) is 4.49. The number of hydrogen-bond donors (Lipinski definition) is 0. The molecule has 0 N–H and O–H groups in total. The number of alkyl halides is 1. The van der Waals surface area contributed by atoms with Crippen molar-refractivity contribution in [3.8, 4) is 0 Å². The molecule has 1 aliphatic rings. The van der Waals surface area contributed by atoms with E-state index >= 15 is 0 Å². The zero-order chi connectivity index (χ0) is 13.2. The Kier molecular flexibility index (Phi) is 3.90. The maximum absolute atomic E-state index is 3.58. The predicted octanol–water partition coefficient (Wildman–Crippen LogP) is 5.37. The molecule has 96 valence electrons. The van der Waals surface area contributed by atoms with Crippen molar-refractivity contribution in [2.45, 2.75) is 12.8 Å².